The SMILES string of the molecule is CC1=NCC(S)CN1. The summed E-state index contributed by atoms with van der Waals surface area (Å²) in [4.78, 5) is 4.14. The first-order valence-corrected chi connectivity index (χ1v) is 3.23. The van der Waals surface area contributed by atoms with Crippen LogP contribution in [0.4, 0.5) is 0 Å². The first-order valence-electron chi connectivity index (χ1n) is 2.72. The van der Waals surface area contributed by atoms with Crippen LogP contribution in [-0.2, 0) is 0 Å². The van der Waals surface area contributed by atoms with Crippen LogP contribution in [0.25, 0.3) is 0 Å². The lowest BCUT2D eigenvalue weighted by atomic mass is 10.3. The molecule has 1 heterocycles. The molecule has 0 spiro atoms. The number of hydrogen-bond acceptors (Lipinski definition) is 3. The summed E-state index contributed by atoms with van der Waals surface area (Å²) < 4.78 is 0. The number of aliphatic imine (C=N–C) groups is 1. The van der Waals surface area contributed by atoms with Crippen LogP contribution in [0.15, 0.2) is 4.99 Å². The first kappa shape index (κ1) is 5.95. The van der Waals surface area contributed by atoms with Gasteiger partial charge < -0.3 is 5.32 Å². The van der Waals surface area contributed by atoms with Crippen molar-refractivity contribution in [3.8, 4) is 0 Å². The van der Waals surface area contributed by atoms with Crippen LogP contribution in [0.5, 0.6) is 0 Å². The molecule has 1 aliphatic heterocycles. The van der Waals surface area contributed by atoms with Crippen LogP contribution < -0.4 is 5.32 Å². The molecule has 0 radical (unpaired) electrons. The molecule has 0 aromatic rings. The molecule has 8 heavy (non-hydrogen) atoms. The Balaban J connectivity index is 2.42. The molecule has 1 aliphatic rings. The molecular formula is C5H10N2S. The standard InChI is InChI=1S/C5H10N2S/c1-4-6-2-5(8)3-7-4/h5,8H,2-3H2,1H3,(H,6,7). The van der Waals surface area contributed by atoms with Crippen molar-refractivity contribution in [1.29, 1.82) is 0 Å². The maximum atomic E-state index is 4.23. The van der Waals surface area contributed by atoms with Gasteiger partial charge in [-0.3, -0.25) is 4.99 Å². The van der Waals surface area contributed by atoms with Crippen molar-refractivity contribution in [1.82, 2.24) is 5.32 Å². The average Bonchev–Trinajstić information content (AvgIpc) is 1.77. The van der Waals surface area contributed by atoms with Crippen LogP contribution in [0.2, 0.25) is 0 Å². The molecule has 1 N–H and O–H groups in total. The van der Waals surface area contributed by atoms with E-state index in [0.717, 1.165) is 18.9 Å². The molecule has 1 rings (SSSR count). The molecule has 0 saturated heterocycles. The van der Waals surface area contributed by atoms with Gasteiger partial charge >= 0.3 is 0 Å². The molecule has 2 nitrogen and oxygen atoms in total. The van der Waals surface area contributed by atoms with Crippen LogP contribution in [-0.4, -0.2) is 24.2 Å². The number of amidine groups is 1. The smallest absolute Gasteiger partial charge is 0.0932 e. The Hall–Kier alpha value is -0.180. The summed E-state index contributed by atoms with van der Waals surface area (Å²) in [5.74, 6) is 1.04. The van der Waals surface area contributed by atoms with Gasteiger partial charge in [0.1, 0.15) is 0 Å². The molecular weight excluding hydrogens is 120 g/mol. The highest BCUT2D eigenvalue weighted by Crippen LogP contribution is 1.97. The van der Waals surface area contributed by atoms with Gasteiger partial charge in [0.15, 0.2) is 0 Å². The molecule has 46 valence electrons. The van der Waals surface area contributed by atoms with Gasteiger partial charge in [0, 0.05) is 11.8 Å². The van der Waals surface area contributed by atoms with Crippen LogP contribution in [0.1, 0.15) is 6.92 Å². The van der Waals surface area contributed by atoms with E-state index < -0.39 is 0 Å². The molecule has 0 fully saturated rings. The Morgan fingerprint density at radius 3 is 3.00 bits per heavy atom. The zero-order valence-electron chi connectivity index (χ0n) is 4.89. The lowest BCUT2D eigenvalue weighted by molar-refractivity contribution is 0.758. The zero-order chi connectivity index (χ0) is 5.98. The van der Waals surface area contributed by atoms with Crippen molar-refractivity contribution in [2.24, 2.45) is 4.99 Å². The molecule has 3 heteroatoms. The highest BCUT2D eigenvalue weighted by Gasteiger charge is 2.05. The van der Waals surface area contributed by atoms with E-state index in [1.807, 2.05) is 6.92 Å². The predicted octanol–water partition coefficient (Wildman–Crippen LogP) is 0.306. The molecule has 0 aromatic carbocycles. The average molecular weight is 130 g/mol. The Bertz CT molecular complexity index is 111. The minimum atomic E-state index is 0.415. The monoisotopic (exact) mass is 130 g/mol. The molecule has 0 aliphatic carbocycles. The molecule has 1 unspecified atom stereocenters. The highest BCUT2D eigenvalue weighted by molar-refractivity contribution is 7.81. The summed E-state index contributed by atoms with van der Waals surface area (Å²) in [6.07, 6.45) is 0. The van der Waals surface area contributed by atoms with Gasteiger partial charge in [0.25, 0.3) is 0 Å². The number of thiol groups is 1. The fourth-order valence-electron chi connectivity index (χ4n) is 0.628. The predicted molar refractivity (Wildman–Crippen MR) is 38.8 cm³/mol. The van der Waals surface area contributed by atoms with E-state index in [1.54, 1.807) is 0 Å². The van der Waals surface area contributed by atoms with Gasteiger partial charge in [-0.25, -0.2) is 0 Å². The second-order valence-corrected chi connectivity index (χ2v) is 2.69. The lowest BCUT2D eigenvalue weighted by Gasteiger charge is -2.15. The summed E-state index contributed by atoms with van der Waals surface area (Å²) in [7, 11) is 0. The van der Waals surface area contributed by atoms with Crippen LogP contribution in [0.3, 0.4) is 0 Å². The third-order valence-corrected chi connectivity index (χ3v) is 1.48. The van der Waals surface area contributed by atoms with E-state index >= 15 is 0 Å². The van der Waals surface area contributed by atoms with E-state index in [0.29, 0.717) is 5.25 Å². The minimum Gasteiger partial charge on any atom is -0.373 e. The molecule has 0 bridgehead atoms. The lowest BCUT2D eigenvalue weighted by Crippen LogP contribution is -2.34. The Morgan fingerprint density at radius 1 is 1.88 bits per heavy atom. The second-order valence-electron chi connectivity index (χ2n) is 1.96. The molecule has 0 saturated carbocycles. The van der Waals surface area contributed by atoms with Crippen molar-refractivity contribution < 1.29 is 0 Å². The number of rotatable bonds is 0. The van der Waals surface area contributed by atoms with E-state index in [1.165, 1.54) is 0 Å². The molecule has 1 atom stereocenters. The van der Waals surface area contributed by atoms with Gasteiger partial charge in [-0.15, -0.1) is 0 Å². The van der Waals surface area contributed by atoms with Crippen molar-refractivity contribution in [3.63, 3.8) is 0 Å². The third-order valence-electron chi connectivity index (χ3n) is 1.13. The maximum Gasteiger partial charge on any atom is 0.0932 e. The van der Waals surface area contributed by atoms with Crippen molar-refractivity contribution >= 4 is 18.5 Å². The molecule has 0 amide bonds. The summed E-state index contributed by atoms with van der Waals surface area (Å²) in [5, 5.41) is 3.52. The summed E-state index contributed by atoms with van der Waals surface area (Å²) in [5.41, 5.74) is 0. The normalized spacial score (nSPS) is 28.8. The first-order chi connectivity index (χ1) is 3.79. The Kier molecular flexibility index (Phi) is 1.78. The topological polar surface area (TPSA) is 24.4 Å². The van der Waals surface area contributed by atoms with Gasteiger partial charge in [-0.2, -0.15) is 12.6 Å². The Labute approximate surface area is 54.8 Å². The van der Waals surface area contributed by atoms with Crippen LogP contribution in [0, 0.1) is 0 Å². The van der Waals surface area contributed by atoms with E-state index in [4.69, 9.17) is 0 Å². The van der Waals surface area contributed by atoms with E-state index in [-0.39, 0.29) is 0 Å². The largest absolute Gasteiger partial charge is 0.373 e. The fourth-order valence-corrected chi connectivity index (χ4v) is 0.801. The Morgan fingerprint density at radius 2 is 2.62 bits per heavy atom. The fraction of sp³-hybridized carbons (Fsp3) is 0.800. The maximum absolute atomic E-state index is 4.23. The van der Waals surface area contributed by atoms with Gasteiger partial charge in [-0.05, 0) is 6.92 Å². The molecule has 0 aromatic heterocycles. The number of nitrogens with one attached hydrogen (secondary N) is 1. The summed E-state index contributed by atoms with van der Waals surface area (Å²) in [6.45, 7) is 3.79. The van der Waals surface area contributed by atoms with Crippen molar-refractivity contribution in [3.05, 3.63) is 0 Å². The van der Waals surface area contributed by atoms with E-state index in [9.17, 15) is 0 Å². The highest BCUT2D eigenvalue weighted by atomic mass is 32.1. The summed E-state index contributed by atoms with van der Waals surface area (Å²) in [6, 6.07) is 0. The number of nitrogens with zero attached hydrogens (tertiary/aromatic N) is 1. The minimum absolute atomic E-state index is 0.415. The quantitative estimate of drug-likeness (QED) is 0.453. The van der Waals surface area contributed by atoms with Gasteiger partial charge in [0.05, 0.1) is 12.4 Å². The zero-order valence-corrected chi connectivity index (χ0v) is 5.78. The van der Waals surface area contributed by atoms with Crippen molar-refractivity contribution in [2.75, 3.05) is 13.1 Å². The van der Waals surface area contributed by atoms with E-state index in [2.05, 4.69) is 22.9 Å². The van der Waals surface area contributed by atoms with Gasteiger partial charge in [-0.1, -0.05) is 0 Å². The third kappa shape index (κ3) is 1.40. The number of hydrogen-bond donors (Lipinski definition) is 2. The van der Waals surface area contributed by atoms with Crippen LogP contribution >= 0.6 is 12.6 Å². The van der Waals surface area contributed by atoms with Gasteiger partial charge in [0.2, 0.25) is 0 Å². The summed E-state index contributed by atoms with van der Waals surface area (Å²) >= 11 is 4.23. The van der Waals surface area contributed by atoms with Crippen molar-refractivity contribution in [2.45, 2.75) is 12.2 Å². The second kappa shape index (κ2) is 2.40.